The van der Waals surface area contributed by atoms with E-state index in [0.29, 0.717) is 24.6 Å². The van der Waals surface area contributed by atoms with Crippen LogP contribution in [0.2, 0.25) is 0 Å². The number of morpholine rings is 1. The Morgan fingerprint density at radius 3 is 2.37 bits per heavy atom. The van der Waals surface area contributed by atoms with E-state index in [-0.39, 0.29) is 5.82 Å². The van der Waals surface area contributed by atoms with Gasteiger partial charge in [0, 0.05) is 45.3 Å². The fraction of sp³-hybridized carbons (Fsp3) is 0.381. The molecule has 5 nitrogen and oxygen atoms in total. The van der Waals surface area contributed by atoms with Gasteiger partial charge in [-0.15, -0.1) is 0 Å². The van der Waals surface area contributed by atoms with E-state index in [1.807, 2.05) is 6.07 Å². The van der Waals surface area contributed by atoms with Crippen molar-refractivity contribution in [3.63, 3.8) is 0 Å². The molecule has 0 amide bonds. The predicted octanol–water partition coefficient (Wildman–Crippen LogP) is 2.52. The van der Waals surface area contributed by atoms with Crippen LogP contribution >= 0.6 is 0 Å². The van der Waals surface area contributed by atoms with Crippen LogP contribution in [-0.2, 0) is 24.4 Å². The Labute approximate surface area is 160 Å². The van der Waals surface area contributed by atoms with Crippen molar-refractivity contribution < 1.29 is 9.13 Å². The predicted molar refractivity (Wildman–Crippen MR) is 106 cm³/mol. The van der Waals surface area contributed by atoms with Gasteiger partial charge in [-0.1, -0.05) is 42.5 Å². The van der Waals surface area contributed by atoms with Crippen LogP contribution in [0.3, 0.4) is 0 Å². The standard InChI is InChI=1S/C21H27FN4O/c1-23-21(25-15-19-4-2-3-5-20(19)22)24-14-17-6-8-18(9-7-17)16-26-10-12-27-13-11-26/h2-9H,10-16H2,1H3,(H2,23,24,25). The summed E-state index contributed by atoms with van der Waals surface area (Å²) in [5.41, 5.74) is 3.10. The maximum absolute atomic E-state index is 13.7. The van der Waals surface area contributed by atoms with Crippen molar-refractivity contribution >= 4 is 5.96 Å². The van der Waals surface area contributed by atoms with Crippen molar-refractivity contribution in [2.24, 2.45) is 4.99 Å². The Balaban J connectivity index is 1.46. The smallest absolute Gasteiger partial charge is 0.191 e. The molecule has 1 aliphatic heterocycles. The Hall–Kier alpha value is -2.44. The number of benzene rings is 2. The summed E-state index contributed by atoms with van der Waals surface area (Å²) in [7, 11) is 1.71. The molecule has 1 fully saturated rings. The Morgan fingerprint density at radius 2 is 1.67 bits per heavy atom. The van der Waals surface area contributed by atoms with Gasteiger partial charge in [-0.2, -0.15) is 0 Å². The highest BCUT2D eigenvalue weighted by molar-refractivity contribution is 5.79. The van der Waals surface area contributed by atoms with Gasteiger partial charge in [0.2, 0.25) is 0 Å². The number of hydrogen-bond donors (Lipinski definition) is 2. The molecule has 0 saturated carbocycles. The van der Waals surface area contributed by atoms with Gasteiger partial charge >= 0.3 is 0 Å². The molecule has 0 atom stereocenters. The molecule has 0 spiro atoms. The van der Waals surface area contributed by atoms with Crippen LogP contribution in [0.4, 0.5) is 4.39 Å². The number of halogens is 1. The van der Waals surface area contributed by atoms with Gasteiger partial charge in [0.15, 0.2) is 5.96 Å². The summed E-state index contributed by atoms with van der Waals surface area (Å²) in [4.78, 5) is 6.60. The third-order valence-electron chi connectivity index (χ3n) is 4.62. The molecule has 1 saturated heterocycles. The first kappa shape index (κ1) is 19.3. The maximum atomic E-state index is 13.7. The lowest BCUT2D eigenvalue weighted by atomic mass is 10.1. The summed E-state index contributed by atoms with van der Waals surface area (Å²) in [5.74, 6) is 0.437. The molecular formula is C21H27FN4O. The van der Waals surface area contributed by atoms with Crippen molar-refractivity contribution in [3.8, 4) is 0 Å². The van der Waals surface area contributed by atoms with E-state index >= 15 is 0 Å². The van der Waals surface area contributed by atoms with E-state index in [1.54, 1.807) is 19.2 Å². The van der Waals surface area contributed by atoms with E-state index in [1.165, 1.54) is 17.2 Å². The van der Waals surface area contributed by atoms with Gasteiger partial charge in [-0.05, 0) is 17.2 Å². The minimum atomic E-state index is -0.212. The largest absolute Gasteiger partial charge is 0.379 e. The van der Waals surface area contributed by atoms with Gasteiger partial charge in [-0.3, -0.25) is 9.89 Å². The van der Waals surface area contributed by atoms with Crippen molar-refractivity contribution in [2.75, 3.05) is 33.4 Å². The Bertz CT molecular complexity index is 742. The van der Waals surface area contributed by atoms with Gasteiger partial charge in [-0.25, -0.2) is 4.39 Å². The van der Waals surface area contributed by atoms with Crippen molar-refractivity contribution in [3.05, 3.63) is 71.0 Å². The average Bonchev–Trinajstić information content (AvgIpc) is 2.71. The summed E-state index contributed by atoms with van der Waals surface area (Å²) in [6, 6.07) is 15.3. The Kier molecular flexibility index (Phi) is 7.19. The molecule has 0 aromatic heterocycles. The van der Waals surface area contributed by atoms with Gasteiger partial charge in [0.1, 0.15) is 5.82 Å². The van der Waals surface area contributed by atoms with E-state index < -0.39 is 0 Å². The zero-order valence-corrected chi connectivity index (χ0v) is 15.7. The lowest BCUT2D eigenvalue weighted by molar-refractivity contribution is 0.0342. The van der Waals surface area contributed by atoms with E-state index in [9.17, 15) is 4.39 Å². The van der Waals surface area contributed by atoms with E-state index in [2.05, 4.69) is 44.8 Å². The minimum absolute atomic E-state index is 0.212. The summed E-state index contributed by atoms with van der Waals surface area (Å²) >= 11 is 0. The SMILES string of the molecule is CN=C(NCc1ccc(CN2CCOCC2)cc1)NCc1ccccc1F. The zero-order chi connectivity index (χ0) is 18.9. The summed E-state index contributed by atoms with van der Waals surface area (Å²) < 4.78 is 19.1. The molecule has 0 aliphatic carbocycles. The van der Waals surface area contributed by atoms with Gasteiger partial charge in [0.25, 0.3) is 0 Å². The molecule has 0 bridgehead atoms. The van der Waals surface area contributed by atoms with E-state index in [0.717, 1.165) is 32.8 Å². The number of nitrogens with one attached hydrogen (secondary N) is 2. The number of hydrogen-bond acceptors (Lipinski definition) is 3. The number of nitrogens with zero attached hydrogens (tertiary/aromatic N) is 2. The van der Waals surface area contributed by atoms with Gasteiger partial charge in [0.05, 0.1) is 13.2 Å². The van der Waals surface area contributed by atoms with E-state index in [4.69, 9.17) is 4.74 Å². The summed E-state index contributed by atoms with van der Waals surface area (Å²) in [5, 5.41) is 6.41. The molecule has 0 unspecified atom stereocenters. The normalized spacial score (nSPS) is 15.6. The molecule has 2 N–H and O–H groups in total. The van der Waals surface area contributed by atoms with Crippen molar-refractivity contribution in [1.29, 1.82) is 0 Å². The van der Waals surface area contributed by atoms with Crippen molar-refractivity contribution in [2.45, 2.75) is 19.6 Å². The van der Waals surface area contributed by atoms with Crippen LogP contribution in [0.25, 0.3) is 0 Å². The lowest BCUT2D eigenvalue weighted by Crippen LogP contribution is -2.36. The molecule has 2 aromatic rings. The number of ether oxygens (including phenoxy) is 1. The van der Waals surface area contributed by atoms with Crippen LogP contribution in [0.5, 0.6) is 0 Å². The zero-order valence-electron chi connectivity index (χ0n) is 15.7. The second kappa shape index (κ2) is 10.0. The third-order valence-corrected chi connectivity index (χ3v) is 4.62. The van der Waals surface area contributed by atoms with Crippen LogP contribution in [0, 0.1) is 5.82 Å². The van der Waals surface area contributed by atoms with Crippen LogP contribution in [-0.4, -0.2) is 44.2 Å². The Morgan fingerprint density at radius 1 is 1.00 bits per heavy atom. The van der Waals surface area contributed by atoms with Crippen molar-refractivity contribution in [1.82, 2.24) is 15.5 Å². The number of guanidine groups is 1. The van der Waals surface area contributed by atoms with Crippen LogP contribution in [0.15, 0.2) is 53.5 Å². The third kappa shape index (κ3) is 6.05. The molecule has 1 aliphatic rings. The molecular weight excluding hydrogens is 343 g/mol. The monoisotopic (exact) mass is 370 g/mol. The highest BCUT2D eigenvalue weighted by Gasteiger charge is 2.10. The van der Waals surface area contributed by atoms with Crippen LogP contribution in [0.1, 0.15) is 16.7 Å². The van der Waals surface area contributed by atoms with Gasteiger partial charge < -0.3 is 15.4 Å². The highest BCUT2D eigenvalue weighted by Crippen LogP contribution is 2.09. The molecule has 6 heteroatoms. The summed E-state index contributed by atoms with van der Waals surface area (Å²) in [6.45, 7) is 5.64. The first-order valence-corrected chi connectivity index (χ1v) is 9.30. The quantitative estimate of drug-likeness (QED) is 0.606. The first-order valence-electron chi connectivity index (χ1n) is 9.30. The second-order valence-electron chi connectivity index (χ2n) is 6.58. The molecule has 2 aromatic carbocycles. The fourth-order valence-corrected chi connectivity index (χ4v) is 3.01. The second-order valence-corrected chi connectivity index (χ2v) is 6.58. The highest BCUT2D eigenvalue weighted by atomic mass is 19.1. The fourth-order valence-electron chi connectivity index (χ4n) is 3.01. The lowest BCUT2D eigenvalue weighted by Gasteiger charge is -2.26. The molecule has 27 heavy (non-hydrogen) atoms. The maximum Gasteiger partial charge on any atom is 0.191 e. The number of rotatable bonds is 6. The number of aliphatic imine (C=N–C) groups is 1. The summed E-state index contributed by atoms with van der Waals surface area (Å²) in [6.07, 6.45) is 0. The first-order chi connectivity index (χ1) is 13.2. The average molecular weight is 370 g/mol. The minimum Gasteiger partial charge on any atom is -0.379 e. The molecule has 144 valence electrons. The topological polar surface area (TPSA) is 48.9 Å². The molecule has 0 radical (unpaired) electrons. The molecule has 3 rings (SSSR count). The molecule has 1 heterocycles. The van der Waals surface area contributed by atoms with Crippen LogP contribution < -0.4 is 10.6 Å².